The normalized spacial score (nSPS) is 13.0. The van der Waals surface area contributed by atoms with E-state index in [0.29, 0.717) is 0 Å². The molecule has 3 aromatic heterocycles. The molecule has 0 fully saturated rings. The molecule has 0 N–H and O–H groups in total. The van der Waals surface area contributed by atoms with Crippen molar-refractivity contribution in [1.82, 2.24) is 14.5 Å². The fourth-order valence-corrected chi connectivity index (χ4v) is 3.80. The first kappa shape index (κ1) is 14.0. The molecule has 0 saturated heterocycles. The molecule has 104 valence electrons. The summed E-state index contributed by atoms with van der Waals surface area (Å²) in [5.41, 5.74) is 2.90. The van der Waals surface area contributed by atoms with E-state index in [4.69, 9.17) is 11.6 Å². The van der Waals surface area contributed by atoms with Crippen LogP contribution in [0.1, 0.15) is 28.6 Å². The third-order valence-electron chi connectivity index (χ3n) is 3.10. The molecule has 0 spiro atoms. The number of aromatic nitrogens is 3. The first-order valence-corrected chi connectivity index (χ1v) is 8.36. The Bertz CT molecular complexity index is 763. The zero-order valence-electron chi connectivity index (χ0n) is 11.1. The van der Waals surface area contributed by atoms with Gasteiger partial charge in [-0.1, -0.05) is 0 Å². The molecule has 3 aromatic rings. The third kappa shape index (κ3) is 2.50. The van der Waals surface area contributed by atoms with Gasteiger partial charge in [0.2, 0.25) is 0 Å². The van der Waals surface area contributed by atoms with Crippen molar-refractivity contribution in [2.24, 2.45) is 0 Å². The van der Waals surface area contributed by atoms with Crippen molar-refractivity contribution >= 4 is 50.0 Å². The summed E-state index contributed by atoms with van der Waals surface area (Å²) in [6.07, 6.45) is 1.87. The van der Waals surface area contributed by atoms with Gasteiger partial charge >= 0.3 is 0 Å². The average Bonchev–Trinajstić information content (AvgIpc) is 2.95. The summed E-state index contributed by atoms with van der Waals surface area (Å²) >= 11 is 11.6. The number of fused-ring (bicyclic) bond motifs is 1. The maximum Gasteiger partial charge on any atom is 0.160 e. The van der Waals surface area contributed by atoms with Gasteiger partial charge < -0.3 is 4.57 Å². The predicted molar refractivity (Wildman–Crippen MR) is 87.7 cm³/mol. The molecule has 0 amide bonds. The summed E-state index contributed by atoms with van der Waals surface area (Å²) < 4.78 is 3.22. The summed E-state index contributed by atoms with van der Waals surface area (Å²) in [6, 6.07) is 4.10. The van der Waals surface area contributed by atoms with E-state index in [1.165, 1.54) is 4.88 Å². The SMILES string of the molecule is Cc1cnc2c(c1)nc(C(C)Cl)n2Cc1sccc1Br. The highest BCUT2D eigenvalue weighted by Gasteiger charge is 2.17. The molecule has 0 aliphatic carbocycles. The fraction of sp³-hybridized carbons (Fsp3) is 0.286. The summed E-state index contributed by atoms with van der Waals surface area (Å²) in [7, 11) is 0. The lowest BCUT2D eigenvalue weighted by Gasteiger charge is -2.09. The lowest BCUT2D eigenvalue weighted by Crippen LogP contribution is -2.05. The van der Waals surface area contributed by atoms with E-state index in [9.17, 15) is 0 Å². The summed E-state index contributed by atoms with van der Waals surface area (Å²) in [4.78, 5) is 10.4. The van der Waals surface area contributed by atoms with Gasteiger partial charge in [0, 0.05) is 15.5 Å². The minimum absolute atomic E-state index is 0.150. The van der Waals surface area contributed by atoms with Crippen LogP contribution in [0.25, 0.3) is 11.2 Å². The van der Waals surface area contributed by atoms with Crippen LogP contribution in [0.5, 0.6) is 0 Å². The molecule has 0 radical (unpaired) electrons. The van der Waals surface area contributed by atoms with Crippen LogP contribution in [0.15, 0.2) is 28.2 Å². The van der Waals surface area contributed by atoms with Gasteiger partial charge in [-0.25, -0.2) is 9.97 Å². The number of thiophene rings is 1. The van der Waals surface area contributed by atoms with Crippen molar-refractivity contribution in [3.8, 4) is 0 Å². The smallest absolute Gasteiger partial charge is 0.160 e. The Balaban J connectivity index is 2.16. The maximum absolute atomic E-state index is 6.28. The topological polar surface area (TPSA) is 30.7 Å². The Labute approximate surface area is 134 Å². The number of alkyl halides is 1. The highest BCUT2D eigenvalue weighted by atomic mass is 79.9. The number of imidazole rings is 1. The quantitative estimate of drug-likeness (QED) is 0.613. The van der Waals surface area contributed by atoms with Crippen LogP contribution in [0.2, 0.25) is 0 Å². The molecule has 3 nitrogen and oxygen atoms in total. The molecule has 3 heterocycles. The van der Waals surface area contributed by atoms with Gasteiger partial charge in [0.1, 0.15) is 11.3 Å². The van der Waals surface area contributed by atoms with Gasteiger partial charge in [-0.2, -0.15) is 0 Å². The zero-order valence-corrected chi connectivity index (χ0v) is 14.3. The van der Waals surface area contributed by atoms with Crippen molar-refractivity contribution in [2.75, 3.05) is 0 Å². The average molecular weight is 371 g/mol. The first-order valence-electron chi connectivity index (χ1n) is 6.25. The molecule has 0 bridgehead atoms. The van der Waals surface area contributed by atoms with Crippen LogP contribution in [-0.4, -0.2) is 14.5 Å². The van der Waals surface area contributed by atoms with Crippen LogP contribution >= 0.6 is 38.9 Å². The van der Waals surface area contributed by atoms with Crippen molar-refractivity contribution in [1.29, 1.82) is 0 Å². The standard InChI is InChI=1S/C14H13BrClN3S/c1-8-5-11-14(17-6-8)19(13(18-11)9(2)16)7-12-10(15)3-4-20-12/h3-6,9H,7H2,1-2H3. The maximum atomic E-state index is 6.28. The second-order valence-electron chi connectivity index (χ2n) is 4.72. The van der Waals surface area contributed by atoms with E-state index in [2.05, 4.69) is 41.9 Å². The molecular weight excluding hydrogens is 358 g/mol. The predicted octanol–water partition coefficient (Wildman–Crippen LogP) is 4.91. The van der Waals surface area contributed by atoms with Gasteiger partial charge in [-0.3, -0.25) is 0 Å². The molecule has 0 saturated carbocycles. The van der Waals surface area contributed by atoms with E-state index in [1.54, 1.807) is 11.3 Å². The van der Waals surface area contributed by atoms with Crippen LogP contribution in [0.3, 0.4) is 0 Å². The minimum Gasteiger partial charge on any atom is -0.306 e. The van der Waals surface area contributed by atoms with E-state index in [1.807, 2.05) is 26.1 Å². The number of hydrogen-bond donors (Lipinski definition) is 0. The third-order valence-corrected chi connectivity index (χ3v) is 5.21. The second kappa shape index (κ2) is 5.47. The zero-order chi connectivity index (χ0) is 14.3. The summed E-state index contributed by atoms with van der Waals surface area (Å²) in [6.45, 7) is 4.69. The van der Waals surface area contributed by atoms with Gasteiger partial charge in [-0.15, -0.1) is 22.9 Å². The molecule has 0 aliphatic heterocycles. The monoisotopic (exact) mass is 369 g/mol. The van der Waals surface area contributed by atoms with Gasteiger partial charge in [0.25, 0.3) is 0 Å². The first-order chi connectivity index (χ1) is 9.56. The Morgan fingerprint density at radius 3 is 2.95 bits per heavy atom. The number of rotatable bonds is 3. The van der Waals surface area contributed by atoms with Gasteiger partial charge in [0.15, 0.2) is 5.65 Å². The van der Waals surface area contributed by atoms with Crippen LogP contribution in [-0.2, 0) is 6.54 Å². The fourth-order valence-electron chi connectivity index (χ4n) is 2.17. The van der Waals surface area contributed by atoms with Crippen molar-refractivity contribution in [3.05, 3.63) is 44.4 Å². The largest absolute Gasteiger partial charge is 0.306 e. The molecule has 6 heteroatoms. The number of pyridine rings is 1. The highest BCUT2D eigenvalue weighted by Crippen LogP contribution is 2.29. The number of halogens is 2. The molecule has 3 rings (SSSR count). The summed E-state index contributed by atoms with van der Waals surface area (Å²) in [5.74, 6) is 0.861. The molecular formula is C14H13BrClN3S. The van der Waals surface area contributed by atoms with E-state index >= 15 is 0 Å². The highest BCUT2D eigenvalue weighted by molar-refractivity contribution is 9.10. The van der Waals surface area contributed by atoms with Crippen molar-refractivity contribution in [3.63, 3.8) is 0 Å². The van der Waals surface area contributed by atoms with Crippen LogP contribution < -0.4 is 0 Å². The number of aryl methyl sites for hydroxylation is 1. The summed E-state index contributed by atoms with van der Waals surface area (Å²) in [5, 5.41) is 1.92. The number of nitrogens with zero attached hydrogens (tertiary/aromatic N) is 3. The Kier molecular flexibility index (Phi) is 3.84. The van der Waals surface area contributed by atoms with E-state index in [-0.39, 0.29) is 5.38 Å². The van der Waals surface area contributed by atoms with Crippen LogP contribution in [0.4, 0.5) is 0 Å². The Morgan fingerprint density at radius 2 is 2.30 bits per heavy atom. The van der Waals surface area contributed by atoms with E-state index < -0.39 is 0 Å². The number of hydrogen-bond acceptors (Lipinski definition) is 3. The second-order valence-corrected chi connectivity index (χ2v) is 7.23. The lowest BCUT2D eigenvalue weighted by atomic mass is 10.3. The minimum atomic E-state index is -0.150. The molecule has 0 aromatic carbocycles. The molecule has 1 unspecified atom stereocenters. The molecule has 20 heavy (non-hydrogen) atoms. The molecule has 0 aliphatic rings. The van der Waals surface area contributed by atoms with Gasteiger partial charge in [-0.05, 0) is 52.9 Å². The Morgan fingerprint density at radius 1 is 1.50 bits per heavy atom. The van der Waals surface area contributed by atoms with Crippen molar-refractivity contribution in [2.45, 2.75) is 25.8 Å². The Hall–Kier alpha value is -0.910. The van der Waals surface area contributed by atoms with Crippen LogP contribution in [0, 0.1) is 6.92 Å². The lowest BCUT2D eigenvalue weighted by molar-refractivity contribution is 0.742. The van der Waals surface area contributed by atoms with Gasteiger partial charge in [0.05, 0.1) is 11.9 Å². The van der Waals surface area contributed by atoms with E-state index in [0.717, 1.165) is 33.6 Å². The molecule has 1 atom stereocenters. The van der Waals surface area contributed by atoms with Crippen molar-refractivity contribution < 1.29 is 0 Å².